The smallest absolute Gasteiger partial charge is 0.226 e. The Hall–Kier alpha value is -2.69. The van der Waals surface area contributed by atoms with E-state index in [0.717, 1.165) is 36.9 Å². The van der Waals surface area contributed by atoms with Gasteiger partial charge in [-0.25, -0.2) is 8.78 Å². The van der Waals surface area contributed by atoms with E-state index in [-0.39, 0.29) is 18.4 Å². The number of rotatable bonds is 3. The van der Waals surface area contributed by atoms with Crippen LogP contribution < -0.4 is 0 Å². The Bertz CT molecular complexity index is 979. The van der Waals surface area contributed by atoms with Crippen molar-refractivity contribution < 1.29 is 13.6 Å². The summed E-state index contributed by atoms with van der Waals surface area (Å²) in [5.41, 5.74) is 3.95. The van der Waals surface area contributed by atoms with Gasteiger partial charge >= 0.3 is 0 Å². The molecule has 1 radical (unpaired) electrons. The Labute approximate surface area is 150 Å². The Morgan fingerprint density at radius 2 is 2.12 bits per heavy atom. The molecule has 0 bridgehead atoms. The summed E-state index contributed by atoms with van der Waals surface area (Å²) >= 11 is 0. The predicted molar refractivity (Wildman–Crippen MR) is 94.9 cm³/mol. The van der Waals surface area contributed by atoms with E-state index in [1.54, 1.807) is 11.9 Å². The SMILES string of the molecule is CN(C(=O)Cc1ccc(F)c(F)c1)[C@@H]1CCc2[c]c3ccccn3c2C1. The van der Waals surface area contributed by atoms with Crippen LogP contribution in [-0.4, -0.2) is 28.3 Å². The highest BCUT2D eigenvalue weighted by molar-refractivity contribution is 5.79. The number of pyridine rings is 1. The highest BCUT2D eigenvalue weighted by Gasteiger charge is 2.27. The van der Waals surface area contributed by atoms with Crippen LogP contribution in [0, 0.1) is 17.7 Å². The van der Waals surface area contributed by atoms with Gasteiger partial charge in [0.1, 0.15) is 0 Å². The van der Waals surface area contributed by atoms with Crippen molar-refractivity contribution in [2.75, 3.05) is 7.05 Å². The fourth-order valence-corrected chi connectivity index (χ4v) is 3.70. The molecule has 0 unspecified atom stereocenters. The van der Waals surface area contributed by atoms with E-state index in [4.69, 9.17) is 0 Å². The quantitative estimate of drug-likeness (QED) is 0.706. The molecule has 1 amide bonds. The maximum Gasteiger partial charge on any atom is 0.226 e. The van der Waals surface area contributed by atoms with Gasteiger partial charge in [-0.15, -0.1) is 0 Å². The van der Waals surface area contributed by atoms with Gasteiger partial charge in [0.05, 0.1) is 11.9 Å². The van der Waals surface area contributed by atoms with E-state index in [2.05, 4.69) is 10.5 Å². The average molecular weight is 353 g/mol. The van der Waals surface area contributed by atoms with Gasteiger partial charge in [-0.2, -0.15) is 0 Å². The number of halogens is 2. The van der Waals surface area contributed by atoms with Crippen molar-refractivity contribution in [2.45, 2.75) is 31.7 Å². The average Bonchev–Trinajstić information content (AvgIpc) is 3.02. The maximum atomic E-state index is 13.4. The molecule has 0 saturated heterocycles. The first-order chi connectivity index (χ1) is 12.5. The van der Waals surface area contributed by atoms with Crippen LogP contribution in [0.2, 0.25) is 0 Å². The van der Waals surface area contributed by atoms with Gasteiger partial charge in [-0.05, 0) is 48.2 Å². The number of amides is 1. The van der Waals surface area contributed by atoms with Crippen LogP contribution in [-0.2, 0) is 24.1 Å². The number of benzene rings is 1. The number of carbonyl (C=O) groups is 1. The summed E-state index contributed by atoms with van der Waals surface area (Å²) in [6, 6.07) is 13.2. The van der Waals surface area contributed by atoms with E-state index in [1.807, 2.05) is 24.4 Å². The second-order valence-electron chi connectivity index (χ2n) is 6.83. The molecule has 3 nitrogen and oxygen atoms in total. The molecule has 133 valence electrons. The first-order valence-electron chi connectivity index (χ1n) is 8.72. The number of aryl methyl sites for hydroxylation is 1. The third-order valence-electron chi connectivity index (χ3n) is 5.21. The highest BCUT2D eigenvalue weighted by atomic mass is 19.2. The van der Waals surface area contributed by atoms with Gasteiger partial charge in [0.2, 0.25) is 5.91 Å². The highest BCUT2D eigenvalue weighted by Crippen LogP contribution is 2.27. The minimum Gasteiger partial charge on any atom is -0.342 e. The summed E-state index contributed by atoms with van der Waals surface area (Å²) in [5, 5.41) is 0. The second-order valence-corrected chi connectivity index (χ2v) is 6.83. The molecule has 0 saturated carbocycles. The van der Waals surface area contributed by atoms with Crippen LogP contribution in [0.25, 0.3) is 5.52 Å². The van der Waals surface area contributed by atoms with E-state index in [0.29, 0.717) is 5.56 Å². The lowest BCUT2D eigenvalue weighted by molar-refractivity contribution is -0.131. The number of carbonyl (C=O) groups excluding carboxylic acids is 1. The molecular formula is C21H19F2N2O. The monoisotopic (exact) mass is 353 g/mol. The van der Waals surface area contributed by atoms with Crippen LogP contribution in [0.3, 0.4) is 0 Å². The zero-order valence-electron chi connectivity index (χ0n) is 14.5. The summed E-state index contributed by atoms with van der Waals surface area (Å²) in [7, 11) is 1.79. The van der Waals surface area contributed by atoms with Gasteiger partial charge in [0.15, 0.2) is 11.6 Å². The summed E-state index contributed by atoms with van der Waals surface area (Å²) in [6.45, 7) is 0. The van der Waals surface area contributed by atoms with Crippen molar-refractivity contribution in [2.24, 2.45) is 0 Å². The standard InChI is InChI=1S/C21H19F2N2O/c1-24(21(26)11-14-5-8-18(22)19(23)10-14)16-7-6-15-12-17-4-2-3-9-25(17)20(15)13-16/h2-5,8-10,16H,6-7,11,13H2,1H3/t16-/m1/s1. The molecule has 2 heterocycles. The molecule has 0 aliphatic heterocycles. The molecular weight excluding hydrogens is 334 g/mol. The fourth-order valence-electron chi connectivity index (χ4n) is 3.70. The molecule has 5 heteroatoms. The largest absolute Gasteiger partial charge is 0.342 e. The van der Waals surface area contributed by atoms with Gasteiger partial charge in [-0.3, -0.25) is 4.79 Å². The molecule has 1 atom stereocenters. The van der Waals surface area contributed by atoms with Crippen LogP contribution in [0.4, 0.5) is 8.78 Å². The van der Waals surface area contributed by atoms with E-state index in [1.165, 1.54) is 17.3 Å². The number of fused-ring (bicyclic) bond motifs is 3. The Morgan fingerprint density at radius 1 is 1.27 bits per heavy atom. The van der Waals surface area contributed by atoms with Crippen molar-refractivity contribution in [1.29, 1.82) is 0 Å². The Balaban J connectivity index is 1.50. The van der Waals surface area contributed by atoms with Crippen molar-refractivity contribution in [3.63, 3.8) is 0 Å². The molecule has 1 aliphatic carbocycles. The van der Waals surface area contributed by atoms with E-state index < -0.39 is 11.6 Å². The van der Waals surface area contributed by atoms with Crippen LogP contribution in [0.15, 0.2) is 42.6 Å². The lowest BCUT2D eigenvalue weighted by atomic mass is 9.92. The fraction of sp³-hybridized carbons (Fsp3) is 0.286. The van der Waals surface area contributed by atoms with E-state index in [9.17, 15) is 13.6 Å². The van der Waals surface area contributed by atoms with Crippen molar-refractivity contribution in [3.8, 4) is 0 Å². The van der Waals surface area contributed by atoms with Crippen LogP contribution in [0.1, 0.15) is 23.2 Å². The molecule has 4 rings (SSSR count). The lowest BCUT2D eigenvalue weighted by Gasteiger charge is -2.31. The lowest BCUT2D eigenvalue weighted by Crippen LogP contribution is -2.41. The topological polar surface area (TPSA) is 24.7 Å². The zero-order valence-corrected chi connectivity index (χ0v) is 14.5. The van der Waals surface area contributed by atoms with Gasteiger partial charge < -0.3 is 9.30 Å². The normalized spacial score (nSPS) is 16.5. The predicted octanol–water partition coefficient (Wildman–Crippen LogP) is 3.58. The third-order valence-corrected chi connectivity index (χ3v) is 5.21. The van der Waals surface area contributed by atoms with Crippen LogP contribution in [0.5, 0.6) is 0 Å². The van der Waals surface area contributed by atoms with Crippen molar-refractivity contribution >= 4 is 11.4 Å². The molecule has 2 aromatic heterocycles. The zero-order chi connectivity index (χ0) is 18.3. The molecule has 1 aromatic carbocycles. The van der Waals surface area contributed by atoms with Crippen LogP contribution >= 0.6 is 0 Å². The molecule has 0 fully saturated rings. The first kappa shape index (κ1) is 16.8. The van der Waals surface area contributed by atoms with Gasteiger partial charge in [0, 0.05) is 37.5 Å². The summed E-state index contributed by atoms with van der Waals surface area (Å²) in [6.07, 6.45) is 4.61. The summed E-state index contributed by atoms with van der Waals surface area (Å²) in [5.74, 6) is -1.91. The molecule has 0 spiro atoms. The van der Waals surface area contributed by atoms with Gasteiger partial charge in [0.25, 0.3) is 0 Å². The molecule has 0 N–H and O–H groups in total. The number of hydrogen-bond donors (Lipinski definition) is 0. The number of nitrogens with zero attached hydrogens (tertiary/aromatic N) is 2. The summed E-state index contributed by atoms with van der Waals surface area (Å²) < 4.78 is 28.5. The summed E-state index contributed by atoms with van der Waals surface area (Å²) in [4.78, 5) is 14.4. The maximum absolute atomic E-state index is 13.4. The van der Waals surface area contributed by atoms with Crippen molar-refractivity contribution in [3.05, 3.63) is 77.1 Å². The Morgan fingerprint density at radius 3 is 2.92 bits per heavy atom. The minimum atomic E-state index is -0.921. The molecule has 1 aliphatic rings. The third kappa shape index (κ3) is 2.98. The van der Waals surface area contributed by atoms with E-state index >= 15 is 0 Å². The first-order valence-corrected chi connectivity index (χ1v) is 8.72. The molecule has 3 aromatic rings. The number of likely N-dealkylation sites (N-methyl/N-ethyl adjacent to an activating group) is 1. The minimum absolute atomic E-state index is 0.0675. The molecule has 26 heavy (non-hydrogen) atoms. The Kier molecular flexibility index (Phi) is 4.23. The number of aromatic nitrogens is 1. The second kappa shape index (κ2) is 6.56. The number of hydrogen-bond acceptors (Lipinski definition) is 1. The van der Waals surface area contributed by atoms with Gasteiger partial charge in [-0.1, -0.05) is 12.1 Å². The van der Waals surface area contributed by atoms with Crippen molar-refractivity contribution in [1.82, 2.24) is 9.30 Å².